The van der Waals surface area contributed by atoms with Gasteiger partial charge in [-0.25, -0.2) is 0 Å². The Labute approximate surface area is 123 Å². The average molecular weight is 289 g/mol. The molecule has 2 rings (SSSR count). The van der Waals surface area contributed by atoms with Crippen LogP contribution >= 0.6 is 0 Å². The highest BCUT2D eigenvalue weighted by Crippen LogP contribution is 2.23. The number of rotatable bonds is 5. The number of aromatic nitrogens is 2. The molecular formula is C15H19N3O3. The molecule has 0 saturated carbocycles. The highest BCUT2D eigenvalue weighted by atomic mass is 16.5. The Morgan fingerprint density at radius 1 is 1.48 bits per heavy atom. The molecule has 2 aromatic rings. The zero-order chi connectivity index (χ0) is 15.4. The summed E-state index contributed by atoms with van der Waals surface area (Å²) in [6.45, 7) is 4.08. The van der Waals surface area contributed by atoms with E-state index in [0.717, 1.165) is 5.69 Å². The van der Waals surface area contributed by atoms with E-state index in [0.29, 0.717) is 29.2 Å². The van der Waals surface area contributed by atoms with Crippen molar-refractivity contribution in [1.82, 2.24) is 9.78 Å². The fourth-order valence-electron chi connectivity index (χ4n) is 2.00. The number of amides is 1. The van der Waals surface area contributed by atoms with Crippen LogP contribution in [0.5, 0.6) is 5.75 Å². The summed E-state index contributed by atoms with van der Waals surface area (Å²) in [5.74, 6) is 0.393. The summed E-state index contributed by atoms with van der Waals surface area (Å²) in [6, 6.07) is 5.18. The van der Waals surface area contributed by atoms with Gasteiger partial charge in [0.25, 0.3) is 5.91 Å². The lowest BCUT2D eigenvalue weighted by Gasteiger charge is -2.11. The molecule has 0 saturated heterocycles. The number of aliphatic hydroxyl groups is 1. The maximum absolute atomic E-state index is 12.2. The van der Waals surface area contributed by atoms with Gasteiger partial charge in [0.05, 0.1) is 25.0 Å². The minimum atomic E-state index is -0.228. The zero-order valence-electron chi connectivity index (χ0n) is 12.4. The van der Waals surface area contributed by atoms with Crippen molar-refractivity contribution in [2.75, 3.05) is 11.9 Å². The molecule has 0 unspecified atom stereocenters. The van der Waals surface area contributed by atoms with Crippen molar-refractivity contribution in [3.8, 4) is 5.75 Å². The SMILES string of the molecule is CCOc1ccc(NC(=O)c2cnn(C)c2C)cc1CO. The third kappa shape index (κ3) is 3.22. The van der Waals surface area contributed by atoms with Gasteiger partial charge < -0.3 is 15.2 Å². The second-order valence-corrected chi connectivity index (χ2v) is 4.64. The van der Waals surface area contributed by atoms with Gasteiger partial charge in [-0.1, -0.05) is 0 Å². The normalized spacial score (nSPS) is 10.5. The fourth-order valence-corrected chi connectivity index (χ4v) is 2.00. The van der Waals surface area contributed by atoms with Crippen molar-refractivity contribution in [1.29, 1.82) is 0 Å². The molecule has 0 fully saturated rings. The summed E-state index contributed by atoms with van der Waals surface area (Å²) in [6.07, 6.45) is 1.53. The first kappa shape index (κ1) is 15.1. The number of anilines is 1. The molecule has 6 nitrogen and oxygen atoms in total. The smallest absolute Gasteiger partial charge is 0.259 e. The molecule has 1 aromatic carbocycles. The Kier molecular flexibility index (Phi) is 4.59. The Bertz CT molecular complexity index is 650. The van der Waals surface area contributed by atoms with Crippen molar-refractivity contribution in [2.24, 2.45) is 7.05 Å². The first-order valence-electron chi connectivity index (χ1n) is 6.73. The van der Waals surface area contributed by atoms with Gasteiger partial charge in [-0.15, -0.1) is 0 Å². The Hall–Kier alpha value is -2.34. The minimum absolute atomic E-state index is 0.148. The van der Waals surface area contributed by atoms with E-state index >= 15 is 0 Å². The van der Waals surface area contributed by atoms with E-state index in [1.807, 2.05) is 13.8 Å². The van der Waals surface area contributed by atoms with Crippen LogP contribution in [-0.2, 0) is 13.7 Å². The molecule has 0 aliphatic rings. The standard InChI is InChI=1S/C15H19N3O3/c1-4-21-14-6-5-12(7-11(14)9-19)17-15(20)13-8-16-18(3)10(13)2/h5-8,19H,4,9H2,1-3H3,(H,17,20). The maximum Gasteiger partial charge on any atom is 0.259 e. The van der Waals surface area contributed by atoms with Crippen LogP contribution in [0.3, 0.4) is 0 Å². The number of hydrogen-bond acceptors (Lipinski definition) is 4. The summed E-state index contributed by atoms with van der Waals surface area (Å²) in [4.78, 5) is 12.2. The summed E-state index contributed by atoms with van der Waals surface area (Å²) in [5.41, 5.74) is 2.56. The van der Waals surface area contributed by atoms with Gasteiger partial charge in [-0.2, -0.15) is 5.10 Å². The molecule has 1 aromatic heterocycles. The van der Waals surface area contributed by atoms with Crippen molar-refractivity contribution >= 4 is 11.6 Å². The largest absolute Gasteiger partial charge is 0.494 e. The third-order valence-electron chi connectivity index (χ3n) is 3.27. The molecular weight excluding hydrogens is 270 g/mol. The summed E-state index contributed by atoms with van der Waals surface area (Å²) < 4.78 is 7.05. The third-order valence-corrected chi connectivity index (χ3v) is 3.27. The summed E-state index contributed by atoms with van der Waals surface area (Å²) in [7, 11) is 1.78. The number of nitrogens with one attached hydrogen (secondary N) is 1. The van der Waals surface area contributed by atoms with E-state index in [4.69, 9.17) is 4.74 Å². The number of carbonyl (C=O) groups is 1. The van der Waals surface area contributed by atoms with Crippen LogP contribution in [0.1, 0.15) is 28.5 Å². The molecule has 1 amide bonds. The lowest BCUT2D eigenvalue weighted by atomic mass is 10.1. The molecule has 0 atom stereocenters. The molecule has 112 valence electrons. The lowest BCUT2D eigenvalue weighted by molar-refractivity contribution is 0.102. The molecule has 0 bridgehead atoms. The highest BCUT2D eigenvalue weighted by Gasteiger charge is 2.13. The second kappa shape index (κ2) is 6.41. The van der Waals surface area contributed by atoms with Gasteiger partial charge in [0.2, 0.25) is 0 Å². The van der Waals surface area contributed by atoms with Crippen LogP contribution in [-0.4, -0.2) is 27.4 Å². The Balaban J connectivity index is 2.19. The van der Waals surface area contributed by atoms with Crippen LogP contribution in [0.4, 0.5) is 5.69 Å². The Morgan fingerprint density at radius 2 is 2.24 bits per heavy atom. The van der Waals surface area contributed by atoms with Crippen molar-refractivity contribution < 1.29 is 14.6 Å². The van der Waals surface area contributed by atoms with E-state index in [9.17, 15) is 9.90 Å². The summed E-state index contributed by atoms with van der Waals surface area (Å²) >= 11 is 0. The molecule has 0 radical (unpaired) electrons. The molecule has 0 spiro atoms. The van der Waals surface area contributed by atoms with Crippen LogP contribution < -0.4 is 10.1 Å². The van der Waals surface area contributed by atoms with E-state index in [2.05, 4.69) is 10.4 Å². The van der Waals surface area contributed by atoms with Crippen LogP contribution in [0.2, 0.25) is 0 Å². The Morgan fingerprint density at radius 3 is 2.81 bits per heavy atom. The van der Waals surface area contributed by atoms with Crippen LogP contribution in [0, 0.1) is 6.92 Å². The first-order chi connectivity index (χ1) is 10.1. The van der Waals surface area contributed by atoms with Gasteiger partial charge >= 0.3 is 0 Å². The molecule has 0 aliphatic heterocycles. The van der Waals surface area contributed by atoms with E-state index in [1.165, 1.54) is 6.20 Å². The molecule has 21 heavy (non-hydrogen) atoms. The predicted molar refractivity (Wildman–Crippen MR) is 79.4 cm³/mol. The molecule has 2 N–H and O–H groups in total. The van der Waals surface area contributed by atoms with Gasteiger partial charge in [0.15, 0.2) is 0 Å². The van der Waals surface area contributed by atoms with Crippen molar-refractivity contribution in [3.63, 3.8) is 0 Å². The maximum atomic E-state index is 12.2. The predicted octanol–water partition coefficient (Wildman–Crippen LogP) is 1.87. The van der Waals surface area contributed by atoms with E-state index in [1.54, 1.807) is 29.9 Å². The van der Waals surface area contributed by atoms with Crippen molar-refractivity contribution in [3.05, 3.63) is 41.2 Å². The minimum Gasteiger partial charge on any atom is -0.494 e. The lowest BCUT2D eigenvalue weighted by Crippen LogP contribution is -2.13. The average Bonchev–Trinajstić information content (AvgIpc) is 2.81. The first-order valence-corrected chi connectivity index (χ1v) is 6.73. The second-order valence-electron chi connectivity index (χ2n) is 4.64. The van der Waals surface area contributed by atoms with Crippen LogP contribution in [0.15, 0.2) is 24.4 Å². The number of carbonyl (C=O) groups excluding carboxylic acids is 1. The zero-order valence-corrected chi connectivity index (χ0v) is 12.4. The van der Waals surface area contributed by atoms with Gasteiger partial charge in [0, 0.05) is 24.0 Å². The van der Waals surface area contributed by atoms with E-state index < -0.39 is 0 Å². The van der Waals surface area contributed by atoms with Gasteiger partial charge in [-0.3, -0.25) is 9.48 Å². The molecule has 6 heteroatoms. The quantitative estimate of drug-likeness (QED) is 0.881. The monoisotopic (exact) mass is 289 g/mol. The van der Waals surface area contributed by atoms with Crippen molar-refractivity contribution in [2.45, 2.75) is 20.5 Å². The molecule has 1 heterocycles. The van der Waals surface area contributed by atoms with Gasteiger partial charge in [0.1, 0.15) is 5.75 Å². The fraction of sp³-hybridized carbons (Fsp3) is 0.333. The topological polar surface area (TPSA) is 76.4 Å². The number of aryl methyl sites for hydroxylation is 1. The highest BCUT2D eigenvalue weighted by molar-refractivity contribution is 6.04. The number of hydrogen-bond donors (Lipinski definition) is 2. The number of ether oxygens (including phenoxy) is 1. The van der Waals surface area contributed by atoms with E-state index in [-0.39, 0.29) is 12.5 Å². The number of nitrogens with zero attached hydrogens (tertiary/aromatic N) is 2. The number of benzene rings is 1. The van der Waals surface area contributed by atoms with Gasteiger partial charge in [-0.05, 0) is 32.0 Å². The summed E-state index contributed by atoms with van der Waals surface area (Å²) in [5, 5.41) is 16.2. The number of aliphatic hydroxyl groups excluding tert-OH is 1. The van der Waals surface area contributed by atoms with Crippen LogP contribution in [0.25, 0.3) is 0 Å². The molecule has 0 aliphatic carbocycles.